The van der Waals surface area contributed by atoms with E-state index in [9.17, 15) is 22.4 Å². The van der Waals surface area contributed by atoms with E-state index >= 15 is 0 Å². The molecule has 21 heavy (non-hydrogen) atoms. The van der Waals surface area contributed by atoms with Crippen LogP contribution in [0.4, 0.5) is 4.39 Å². The first kappa shape index (κ1) is 17.6. The smallest absolute Gasteiger partial charge is 0.327 e. The molecule has 1 rings (SSSR count). The van der Waals surface area contributed by atoms with Crippen LogP contribution < -0.4 is 5.32 Å². The van der Waals surface area contributed by atoms with Crippen molar-refractivity contribution in [2.75, 3.05) is 5.75 Å². The number of nitrogens with one attached hydrogen (secondary N) is 1. The van der Waals surface area contributed by atoms with E-state index in [1.807, 2.05) is 0 Å². The van der Waals surface area contributed by atoms with Gasteiger partial charge in [0.15, 0.2) is 9.84 Å². The number of halogens is 2. The second-order valence-electron chi connectivity index (χ2n) is 4.39. The molecule has 0 bridgehead atoms. The van der Waals surface area contributed by atoms with Crippen LogP contribution >= 0.6 is 15.9 Å². The van der Waals surface area contributed by atoms with Gasteiger partial charge in [0.25, 0.3) is 0 Å². The van der Waals surface area contributed by atoms with Crippen LogP contribution in [0.25, 0.3) is 0 Å². The molecule has 0 heterocycles. The zero-order valence-electron chi connectivity index (χ0n) is 11.0. The molecule has 1 unspecified atom stereocenters. The fraction of sp³-hybridized carbons (Fsp3) is 0.333. The molecule has 1 aromatic rings. The normalized spacial score (nSPS) is 12.7. The number of hydrogen-bond acceptors (Lipinski definition) is 4. The zero-order valence-corrected chi connectivity index (χ0v) is 13.4. The molecule has 1 atom stereocenters. The van der Waals surface area contributed by atoms with Crippen LogP contribution in [0.2, 0.25) is 0 Å². The maximum atomic E-state index is 13.1. The monoisotopic (exact) mass is 381 g/mol. The lowest BCUT2D eigenvalue weighted by Gasteiger charge is -2.13. The van der Waals surface area contributed by atoms with Crippen LogP contribution in [-0.2, 0) is 25.2 Å². The van der Waals surface area contributed by atoms with Gasteiger partial charge in [-0.1, -0.05) is 6.07 Å². The third kappa shape index (κ3) is 5.80. The number of rotatable bonds is 6. The first-order chi connectivity index (χ1) is 9.60. The third-order valence-electron chi connectivity index (χ3n) is 2.47. The van der Waals surface area contributed by atoms with Gasteiger partial charge >= 0.3 is 5.97 Å². The van der Waals surface area contributed by atoms with Gasteiger partial charge in [-0.25, -0.2) is 17.6 Å². The van der Waals surface area contributed by atoms with E-state index in [1.165, 1.54) is 12.1 Å². The van der Waals surface area contributed by atoms with Gasteiger partial charge in [-0.05, 0) is 33.6 Å². The van der Waals surface area contributed by atoms with E-state index < -0.39 is 45.1 Å². The summed E-state index contributed by atoms with van der Waals surface area (Å²) in [5, 5.41) is 11.0. The van der Waals surface area contributed by atoms with Crippen LogP contribution in [0.5, 0.6) is 0 Å². The molecular formula is C12H13BrFNO5S. The summed E-state index contributed by atoms with van der Waals surface area (Å²) in [5.41, 5.74) is 0.315. The van der Waals surface area contributed by atoms with Gasteiger partial charge in [-0.3, -0.25) is 4.79 Å². The summed E-state index contributed by atoms with van der Waals surface area (Å²) in [5.74, 6) is -3.79. The molecule has 0 aliphatic rings. The molecule has 0 aromatic heterocycles. The van der Waals surface area contributed by atoms with E-state index in [4.69, 9.17) is 5.11 Å². The molecule has 0 aliphatic heterocycles. The summed E-state index contributed by atoms with van der Waals surface area (Å²) >= 11 is 2.94. The Balaban J connectivity index is 2.87. The van der Waals surface area contributed by atoms with Crippen LogP contribution in [0, 0.1) is 5.82 Å². The Morgan fingerprint density at radius 2 is 2.05 bits per heavy atom. The predicted molar refractivity (Wildman–Crippen MR) is 76.8 cm³/mol. The lowest BCUT2D eigenvalue weighted by Crippen LogP contribution is -2.44. The number of carbonyl (C=O) groups is 2. The lowest BCUT2D eigenvalue weighted by molar-refractivity contribution is -0.140. The van der Waals surface area contributed by atoms with Crippen molar-refractivity contribution in [3.05, 3.63) is 34.1 Å². The summed E-state index contributed by atoms with van der Waals surface area (Å²) in [7, 11) is -3.79. The molecule has 1 aromatic carbocycles. The summed E-state index contributed by atoms with van der Waals surface area (Å²) in [4.78, 5) is 21.8. The fourth-order valence-electron chi connectivity index (χ4n) is 1.62. The Morgan fingerprint density at radius 3 is 2.52 bits per heavy atom. The van der Waals surface area contributed by atoms with Crippen LogP contribution in [0.1, 0.15) is 12.5 Å². The molecule has 0 fully saturated rings. The quantitative estimate of drug-likeness (QED) is 0.767. The molecule has 2 N–H and O–H groups in total. The molecule has 0 saturated carbocycles. The minimum atomic E-state index is -3.79. The minimum Gasteiger partial charge on any atom is -0.480 e. The third-order valence-corrected chi connectivity index (χ3v) is 4.69. The predicted octanol–water partition coefficient (Wildman–Crippen LogP) is 1.09. The first-order valence-corrected chi connectivity index (χ1v) is 8.36. The number of carboxylic acids is 1. The number of sulfone groups is 1. The van der Waals surface area contributed by atoms with Crippen molar-refractivity contribution in [1.29, 1.82) is 0 Å². The van der Waals surface area contributed by atoms with Crippen molar-refractivity contribution in [3.63, 3.8) is 0 Å². The molecule has 0 saturated heterocycles. The summed E-state index contributed by atoms with van der Waals surface area (Å²) in [6, 6.07) is 2.20. The number of amides is 1. The van der Waals surface area contributed by atoms with Crippen LogP contribution in [0.3, 0.4) is 0 Å². The van der Waals surface area contributed by atoms with Crippen molar-refractivity contribution in [1.82, 2.24) is 5.32 Å². The van der Waals surface area contributed by atoms with Crippen LogP contribution in [-0.4, -0.2) is 37.2 Å². The van der Waals surface area contributed by atoms with Gasteiger partial charge in [0.2, 0.25) is 5.91 Å². The summed E-state index contributed by atoms with van der Waals surface area (Å²) in [6.45, 7) is 1.10. The summed E-state index contributed by atoms with van der Waals surface area (Å²) in [6.07, 6.45) is 0. The van der Waals surface area contributed by atoms with Crippen molar-refractivity contribution in [2.45, 2.75) is 18.7 Å². The lowest BCUT2D eigenvalue weighted by atomic mass is 10.2. The average Bonchev–Trinajstić information content (AvgIpc) is 2.31. The number of benzene rings is 1. The Hall–Kier alpha value is -1.48. The van der Waals surface area contributed by atoms with Crippen molar-refractivity contribution >= 4 is 37.6 Å². The van der Waals surface area contributed by atoms with Gasteiger partial charge in [0.05, 0.1) is 16.0 Å². The molecule has 0 spiro atoms. The summed E-state index contributed by atoms with van der Waals surface area (Å²) < 4.78 is 37.1. The Morgan fingerprint density at radius 1 is 1.43 bits per heavy atom. The number of carboxylic acid groups (broad SMARTS) is 1. The van der Waals surface area contributed by atoms with Gasteiger partial charge in [-0.15, -0.1) is 0 Å². The maximum Gasteiger partial charge on any atom is 0.327 e. The first-order valence-electron chi connectivity index (χ1n) is 5.75. The largest absolute Gasteiger partial charge is 0.480 e. The number of carbonyl (C=O) groups excluding carboxylic acids is 1. The molecular weight excluding hydrogens is 369 g/mol. The SMILES string of the molecule is CC(=O)NC(CS(=O)(=O)Cc1ccc(F)c(Br)c1)C(=O)O. The van der Waals surface area contributed by atoms with E-state index in [0.29, 0.717) is 5.56 Å². The molecule has 116 valence electrons. The Bertz CT molecular complexity index is 662. The number of aliphatic carboxylic acids is 1. The highest BCUT2D eigenvalue weighted by molar-refractivity contribution is 9.10. The van der Waals surface area contributed by atoms with Crippen molar-refractivity contribution < 1.29 is 27.5 Å². The topological polar surface area (TPSA) is 101 Å². The molecule has 0 radical (unpaired) electrons. The van der Waals surface area contributed by atoms with E-state index in [2.05, 4.69) is 21.2 Å². The van der Waals surface area contributed by atoms with Gasteiger partial charge in [-0.2, -0.15) is 0 Å². The van der Waals surface area contributed by atoms with E-state index in [-0.39, 0.29) is 4.47 Å². The maximum absolute atomic E-state index is 13.1. The Labute approximate surface area is 129 Å². The molecule has 6 nitrogen and oxygen atoms in total. The molecule has 0 aliphatic carbocycles. The highest BCUT2D eigenvalue weighted by Crippen LogP contribution is 2.18. The van der Waals surface area contributed by atoms with Crippen LogP contribution in [0.15, 0.2) is 22.7 Å². The van der Waals surface area contributed by atoms with E-state index in [1.54, 1.807) is 0 Å². The molecule has 1 amide bonds. The standard InChI is InChI=1S/C12H13BrFNO5S/c1-7(16)15-11(12(17)18)6-21(19,20)5-8-2-3-10(14)9(13)4-8/h2-4,11H,5-6H2,1H3,(H,15,16)(H,17,18). The minimum absolute atomic E-state index is 0.117. The van der Waals surface area contributed by atoms with Gasteiger partial charge < -0.3 is 10.4 Å². The van der Waals surface area contributed by atoms with Crippen molar-refractivity contribution in [3.8, 4) is 0 Å². The second-order valence-corrected chi connectivity index (χ2v) is 7.36. The average molecular weight is 382 g/mol. The van der Waals surface area contributed by atoms with Gasteiger partial charge in [0.1, 0.15) is 11.9 Å². The highest BCUT2D eigenvalue weighted by Gasteiger charge is 2.26. The zero-order chi connectivity index (χ0) is 16.2. The molecule has 9 heteroatoms. The van der Waals surface area contributed by atoms with Gasteiger partial charge in [0, 0.05) is 6.92 Å². The Kier molecular flexibility index (Phi) is 5.85. The fourth-order valence-corrected chi connectivity index (χ4v) is 3.58. The number of hydrogen-bond donors (Lipinski definition) is 2. The second kappa shape index (κ2) is 6.99. The highest BCUT2D eigenvalue weighted by atomic mass is 79.9. The van der Waals surface area contributed by atoms with E-state index in [0.717, 1.165) is 13.0 Å². The van der Waals surface area contributed by atoms with Crippen molar-refractivity contribution in [2.24, 2.45) is 0 Å².